The predicted octanol–water partition coefficient (Wildman–Crippen LogP) is 6.84. The molecule has 0 unspecified atom stereocenters. The molecule has 7 fully saturated rings. The molecule has 0 radical (unpaired) electrons. The quantitative estimate of drug-likeness (QED) is 0.0807. The van der Waals surface area contributed by atoms with E-state index in [0.29, 0.717) is 102 Å². The summed E-state index contributed by atoms with van der Waals surface area (Å²) < 4.78 is 76.7. The Labute approximate surface area is 683 Å². The first-order chi connectivity index (χ1) is 54.7. The Hall–Kier alpha value is -7.33. The number of quaternary nitrogens is 1. The molecule has 2 aromatic heterocycles. The highest BCUT2D eigenvalue weighted by atomic mass is 35.5. The SMILES string of the molecule is CCOC(=O)[C@]12CC(=O)[C@@H]3C[C@]4(CCc5c(c(CC)nc6ccc(OCCN7CCOCC7)cc56)O4)CN3C(=O)[C@@H](CC(=O)OC(C)(C)C)CCCCC/C=C\[C@@H]1C2.CCc1nc2ccc(OCCN3CCOCC3)cc2c2c1O[C@]1(CC2)C[C@H]2C(=O)C[C@]3(C(=O)NS(=O)(=O)C4(C)CC4)C[C@H]3/C=C\CCCCC[C@H]([NH3+])C(=O)N2C1.[Cl-]. The molecule has 0 bridgehead atoms. The molecule has 4 aromatic rings. The number of pyridine rings is 2. The Balaban J connectivity index is 0.000000199. The van der Waals surface area contributed by atoms with Crippen molar-refractivity contribution in [1.82, 2.24) is 34.3 Å². The lowest BCUT2D eigenvalue weighted by molar-refractivity contribution is -0.407. The number of sulfonamides is 1. The number of esters is 2. The first-order valence-electron chi connectivity index (χ1n) is 42.6. The number of hydrogen-bond acceptors (Lipinski definition) is 21. The van der Waals surface area contributed by atoms with Crippen LogP contribution in [0, 0.1) is 28.6 Å². The lowest BCUT2D eigenvalue weighted by Crippen LogP contribution is -3.00. The normalized spacial score (nSPS) is 29.7. The number of halogens is 1. The fraction of sp³-hybridized carbons (Fsp3) is 0.670. The summed E-state index contributed by atoms with van der Waals surface area (Å²) in [5.74, 6) is -0.213. The van der Waals surface area contributed by atoms with Crippen molar-refractivity contribution in [1.29, 1.82) is 0 Å². The molecule has 3 aliphatic carbocycles. The van der Waals surface area contributed by atoms with Crippen LogP contribution in [0.1, 0.15) is 206 Å². The largest absolute Gasteiger partial charge is 1.00 e. The minimum atomic E-state index is -3.90. The van der Waals surface area contributed by atoms with Crippen molar-refractivity contribution in [2.75, 3.05) is 98.6 Å². The monoisotopic (exact) mass is 1630 g/mol. The number of carbonyl (C=O) groups is 7. The molecule has 628 valence electrons. The van der Waals surface area contributed by atoms with Gasteiger partial charge < -0.3 is 65.8 Å². The van der Waals surface area contributed by atoms with Gasteiger partial charge in [0.2, 0.25) is 21.8 Å². The van der Waals surface area contributed by atoms with Gasteiger partial charge in [-0.05, 0) is 186 Å². The van der Waals surface area contributed by atoms with Crippen molar-refractivity contribution < 1.29 is 98.0 Å². The van der Waals surface area contributed by atoms with Gasteiger partial charge in [-0.15, -0.1) is 0 Å². The van der Waals surface area contributed by atoms with Crippen molar-refractivity contribution in [3.05, 3.63) is 83.2 Å². The van der Waals surface area contributed by atoms with Crippen LogP contribution in [0.25, 0.3) is 21.8 Å². The van der Waals surface area contributed by atoms with Gasteiger partial charge in [-0.25, -0.2) is 18.4 Å². The van der Waals surface area contributed by atoms with Crippen LogP contribution in [-0.4, -0.2) is 217 Å². The van der Waals surface area contributed by atoms with Gasteiger partial charge in [0, 0.05) is 99.2 Å². The van der Waals surface area contributed by atoms with Gasteiger partial charge in [0.15, 0.2) is 17.6 Å². The summed E-state index contributed by atoms with van der Waals surface area (Å²) in [6.07, 6.45) is 22.4. The Morgan fingerprint density at radius 1 is 0.635 bits per heavy atom. The van der Waals surface area contributed by atoms with Gasteiger partial charge >= 0.3 is 11.9 Å². The standard InChI is InChI=1S/C46H63N3O9.C42H57N5O8S.ClH/c1-6-36-41-34(35-26-33(15-16-37(35)47-36)56-24-21-48-19-22-54-23-20-48)17-18-45(58-41)28-38-39(50)29-46(43(53)55-7-2)27-32(46)14-12-10-8-9-11-13-31(42(52)49(38)30-45)25-40(51)57-44(3,4)5;1-3-33-37-30(31-23-29(11-12-34(31)44-33)54-22-19-46-17-20-53-21-18-46)13-14-41(55-37)25-35-36(48)26-42(39(50)45-56(51,52)40(2)15-16-40)24-28(42)9-7-5-4-6-8-10-32(43)38(49)47(35)27-41;/h12,14-16,26,31-32,38H,6-11,13,17-25,27-30H2,1-5H3;7,9,11-12,23,28,32,35H,3-6,8,10,13-22,24-27,43H2,1-2H3,(H,45,50);1H/b14-12-;9-7-;/t31-,32-,38+,45-,46-;28-,32+,35+,41-,42-;/m11./s1. The third-order valence-electron chi connectivity index (χ3n) is 26.1. The van der Waals surface area contributed by atoms with Crippen LogP contribution < -0.4 is 41.8 Å². The minimum Gasteiger partial charge on any atom is -1.00 e. The molecule has 8 aliphatic heterocycles. The van der Waals surface area contributed by atoms with Crippen LogP contribution in [0.3, 0.4) is 0 Å². The van der Waals surface area contributed by atoms with Crippen LogP contribution in [0.5, 0.6) is 23.0 Å². The number of morpholine rings is 2. The Morgan fingerprint density at radius 2 is 1.12 bits per heavy atom. The summed E-state index contributed by atoms with van der Waals surface area (Å²) in [6, 6.07) is 9.90. The number of allylic oxidation sites excluding steroid dienone is 4. The van der Waals surface area contributed by atoms with E-state index in [1.165, 1.54) is 0 Å². The zero-order chi connectivity index (χ0) is 80.4. The number of ether oxygens (including phenoxy) is 8. The van der Waals surface area contributed by atoms with Gasteiger partial charge in [0.25, 0.3) is 5.91 Å². The number of Topliss-reactive ketones (excluding diaryl/α,β-unsaturated/α-hetero) is 2. The van der Waals surface area contributed by atoms with Crippen molar-refractivity contribution in [3.63, 3.8) is 0 Å². The molecule has 25 nitrogen and oxygen atoms in total. The average molecular weight is 1630 g/mol. The third-order valence-corrected chi connectivity index (χ3v) is 28.3. The van der Waals surface area contributed by atoms with Crippen molar-refractivity contribution >= 4 is 73.1 Å². The van der Waals surface area contributed by atoms with Gasteiger partial charge in [-0.2, -0.15) is 0 Å². The van der Waals surface area contributed by atoms with Crippen LogP contribution >= 0.6 is 0 Å². The third kappa shape index (κ3) is 19.1. The zero-order valence-corrected chi connectivity index (χ0v) is 70.2. The number of hydrogen-bond donors (Lipinski definition) is 2. The molecule has 2 spiro atoms. The molecule has 11 aliphatic rings. The highest BCUT2D eigenvalue weighted by Crippen LogP contribution is 2.60. The van der Waals surface area contributed by atoms with E-state index >= 15 is 0 Å². The summed E-state index contributed by atoms with van der Waals surface area (Å²) in [6.45, 7) is 23.0. The van der Waals surface area contributed by atoms with Crippen LogP contribution in [0.4, 0.5) is 0 Å². The summed E-state index contributed by atoms with van der Waals surface area (Å²) in [5.41, 5.74) is 5.29. The zero-order valence-electron chi connectivity index (χ0n) is 68.6. The fourth-order valence-corrected chi connectivity index (χ4v) is 20.2. The number of nitrogens with zero attached hydrogens (tertiary/aromatic N) is 6. The predicted molar refractivity (Wildman–Crippen MR) is 428 cm³/mol. The molecule has 2 aromatic carbocycles. The Bertz CT molecular complexity index is 4460. The molecule has 4 saturated heterocycles. The number of nitrogens with one attached hydrogen (secondary N) is 1. The summed E-state index contributed by atoms with van der Waals surface area (Å²) in [7, 11) is -3.90. The minimum absolute atomic E-state index is 0. The maximum Gasteiger partial charge on any atom is 0.313 e. The Morgan fingerprint density at radius 3 is 1.62 bits per heavy atom. The average Bonchev–Trinajstić information content (AvgIpc) is 1.59. The molecule has 27 heteroatoms. The molecule has 10 atom stereocenters. The first-order valence-corrected chi connectivity index (χ1v) is 44.1. The van der Waals surface area contributed by atoms with E-state index < -0.39 is 78.3 Å². The summed E-state index contributed by atoms with van der Waals surface area (Å²) in [4.78, 5) is 117. The molecular weight excluding hydrogens is 1510 g/mol. The molecule has 3 saturated carbocycles. The number of amides is 3. The van der Waals surface area contributed by atoms with E-state index in [2.05, 4.69) is 64.5 Å². The van der Waals surface area contributed by atoms with E-state index in [9.17, 15) is 42.0 Å². The summed E-state index contributed by atoms with van der Waals surface area (Å²) >= 11 is 0. The molecule has 15 rings (SSSR count). The molecule has 3 amide bonds. The smallest absolute Gasteiger partial charge is 0.313 e. The van der Waals surface area contributed by atoms with E-state index in [4.69, 9.17) is 47.9 Å². The van der Waals surface area contributed by atoms with Crippen LogP contribution in [-0.2, 0) is 88.2 Å². The first kappa shape index (κ1) is 85.5. The highest BCUT2D eigenvalue weighted by molar-refractivity contribution is 7.91. The lowest BCUT2D eigenvalue weighted by Gasteiger charge is -2.37. The molecule has 10 heterocycles. The summed E-state index contributed by atoms with van der Waals surface area (Å²) in [5, 5.41) is 1.96. The number of aromatic nitrogens is 2. The van der Waals surface area contributed by atoms with Gasteiger partial charge in [0.05, 0.1) is 103 Å². The maximum absolute atomic E-state index is 14.9. The number of carbonyl (C=O) groups excluding carboxylic acids is 7. The van der Waals surface area contributed by atoms with Crippen LogP contribution in [0.2, 0.25) is 0 Å². The lowest BCUT2D eigenvalue weighted by atomic mass is 9.85. The van der Waals surface area contributed by atoms with E-state index in [1.54, 1.807) is 23.6 Å². The number of fused-ring (bicyclic) bond motifs is 10. The number of benzene rings is 2. The number of aryl methyl sites for hydroxylation is 4. The second-order valence-electron chi connectivity index (χ2n) is 35.5. The highest BCUT2D eigenvalue weighted by Gasteiger charge is 2.65. The van der Waals surface area contributed by atoms with Gasteiger partial charge in [0.1, 0.15) is 53.0 Å². The van der Waals surface area contributed by atoms with E-state index in [-0.39, 0.29) is 99.0 Å². The van der Waals surface area contributed by atoms with Crippen molar-refractivity contribution in [2.45, 2.75) is 249 Å². The molecule has 115 heavy (non-hydrogen) atoms. The molecular formula is C88H121ClN8O17S. The topological polar surface area (TPSA) is 306 Å². The second-order valence-corrected chi connectivity index (χ2v) is 37.7. The van der Waals surface area contributed by atoms with Gasteiger partial charge in [-0.1, -0.05) is 57.4 Å². The second kappa shape index (κ2) is 35.7. The van der Waals surface area contributed by atoms with Crippen molar-refractivity contribution in [2.24, 2.45) is 28.6 Å². The maximum atomic E-state index is 14.9. The van der Waals surface area contributed by atoms with Crippen molar-refractivity contribution in [3.8, 4) is 23.0 Å². The van der Waals surface area contributed by atoms with Crippen LogP contribution in [0.15, 0.2) is 60.7 Å². The Kier molecular flexibility index (Phi) is 26.6. The van der Waals surface area contributed by atoms with E-state index in [1.807, 2.05) is 51.1 Å². The molecule has 4 N–H and O–H groups in total. The number of rotatable bonds is 17. The van der Waals surface area contributed by atoms with Gasteiger partial charge in [-0.3, -0.25) is 48.1 Å². The fourth-order valence-electron chi connectivity index (χ4n) is 18.8. The van der Waals surface area contributed by atoms with E-state index in [0.717, 1.165) is 179 Å². The number of ketones is 2.